The Balaban J connectivity index is 1.41. The minimum absolute atomic E-state index is 0.0871. The van der Waals surface area contributed by atoms with E-state index in [1.165, 1.54) is 31.4 Å². The van der Waals surface area contributed by atoms with E-state index in [1.54, 1.807) is 0 Å². The summed E-state index contributed by atoms with van der Waals surface area (Å²) in [5, 5.41) is 7.33. The van der Waals surface area contributed by atoms with Gasteiger partial charge in [0.15, 0.2) is 11.5 Å². The molecule has 1 aliphatic carbocycles. The summed E-state index contributed by atoms with van der Waals surface area (Å²) in [6, 6.07) is 5.28. The highest BCUT2D eigenvalue weighted by atomic mass is 19.4. The maximum Gasteiger partial charge on any atom is 0.439 e. The summed E-state index contributed by atoms with van der Waals surface area (Å²) < 4.78 is 46.5. The summed E-state index contributed by atoms with van der Waals surface area (Å²) in [5.41, 5.74) is 0.992. The van der Waals surface area contributed by atoms with Crippen molar-refractivity contribution in [2.24, 2.45) is 5.92 Å². The van der Waals surface area contributed by atoms with Crippen LogP contribution in [0.25, 0.3) is 22.8 Å². The number of likely N-dealkylation sites (tertiary alicyclic amines) is 1. The Bertz CT molecular complexity index is 1600. The number of nitrogens with one attached hydrogen (secondary N) is 2. The number of aromatic nitrogens is 6. The minimum Gasteiger partial charge on any atom is -0.365 e. The van der Waals surface area contributed by atoms with Crippen LogP contribution in [0.2, 0.25) is 0 Å². The second-order valence-corrected chi connectivity index (χ2v) is 11.7. The first-order valence-electron chi connectivity index (χ1n) is 14.9. The lowest BCUT2D eigenvalue weighted by molar-refractivity contribution is -0.137. The van der Waals surface area contributed by atoms with Crippen LogP contribution in [-0.2, 0) is 12.7 Å². The highest BCUT2D eigenvalue weighted by Crippen LogP contribution is 2.35. The number of halogens is 3. The standard InChI is InChI=1S/C29H36F3N9O2/c1-18(20-7-5-8-20)33-23-22-24(35-25(34-23)26-37-28(42)43-38-26)36-27(39(2)13-6-16-40-14-3-4-15-40)41(22)17-19-9-11-21(12-10-19)29(30,31)32/h9-12,18,20H,3-8,13-17H2,1-2H3,(H,33,34,35)(H,37,38,42). The van der Waals surface area contributed by atoms with Crippen LogP contribution in [0.5, 0.6) is 0 Å². The highest BCUT2D eigenvalue weighted by Gasteiger charge is 2.31. The quantitative estimate of drug-likeness (QED) is 0.251. The fraction of sp³-hybridized carbons (Fsp3) is 0.552. The zero-order chi connectivity index (χ0) is 30.1. The van der Waals surface area contributed by atoms with E-state index in [4.69, 9.17) is 14.5 Å². The number of aromatic amines is 1. The average molecular weight is 600 g/mol. The van der Waals surface area contributed by atoms with Crippen LogP contribution in [-0.4, -0.2) is 73.8 Å². The van der Waals surface area contributed by atoms with Crippen LogP contribution in [0.1, 0.15) is 56.6 Å². The van der Waals surface area contributed by atoms with Crippen molar-refractivity contribution in [3.8, 4) is 11.6 Å². The second-order valence-electron chi connectivity index (χ2n) is 11.7. The largest absolute Gasteiger partial charge is 0.439 e. The summed E-state index contributed by atoms with van der Waals surface area (Å²) in [4.78, 5) is 33.0. The molecule has 0 radical (unpaired) electrons. The highest BCUT2D eigenvalue weighted by molar-refractivity contribution is 5.87. The molecule has 1 aromatic carbocycles. The summed E-state index contributed by atoms with van der Waals surface area (Å²) >= 11 is 0. The minimum atomic E-state index is -4.41. The number of imidazole rings is 1. The van der Waals surface area contributed by atoms with Crippen molar-refractivity contribution >= 4 is 22.9 Å². The van der Waals surface area contributed by atoms with E-state index in [0.29, 0.717) is 34.4 Å². The van der Waals surface area contributed by atoms with E-state index in [-0.39, 0.29) is 24.2 Å². The predicted molar refractivity (Wildman–Crippen MR) is 156 cm³/mol. The van der Waals surface area contributed by atoms with Gasteiger partial charge in [0.25, 0.3) is 0 Å². The van der Waals surface area contributed by atoms with E-state index in [2.05, 4.69) is 37.2 Å². The molecule has 1 saturated carbocycles. The van der Waals surface area contributed by atoms with Crippen LogP contribution in [0.4, 0.5) is 24.9 Å². The van der Waals surface area contributed by atoms with Gasteiger partial charge in [-0.3, -0.25) is 9.51 Å². The Morgan fingerprint density at radius 3 is 2.49 bits per heavy atom. The van der Waals surface area contributed by atoms with Crippen molar-refractivity contribution in [3.63, 3.8) is 0 Å². The molecule has 43 heavy (non-hydrogen) atoms. The van der Waals surface area contributed by atoms with Gasteiger partial charge in [-0.1, -0.05) is 23.7 Å². The summed E-state index contributed by atoms with van der Waals surface area (Å²) in [6.45, 7) is 6.32. The van der Waals surface area contributed by atoms with Crippen molar-refractivity contribution in [3.05, 3.63) is 45.9 Å². The van der Waals surface area contributed by atoms with Crippen LogP contribution < -0.4 is 16.0 Å². The summed E-state index contributed by atoms with van der Waals surface area (Å²) in [7, 11) is 1.96. The van der Waals surface area contributed by atoms with Gasteiger partial charge >= 0.3 is 11.9 Å². The van der Waals surface area contributed by atoms with Crippen LogP contribution in [0, 0.1) is 5.92 Å². The van der Waals surface area contributed by atoms with E-state index in [9.17, 15) is 18.0 Å². The Labute approximate surface area is 246 Å². The number of nitrogens with zero attached hydrogens (tertiary/aromatic N) is 7. The van der Waals surface area contributed by atoms with Crippen molar-refractivity contribution < 1.29 is 17.7 Å². The number of H-pyrrole nitrogens is 1. The van der Waals surface area contributed by atoms with Crippen molar-refractivity contribution in [2.75, 3.05) is 43.4 Å². The fourth-order valence-corrected chi connectivity index (χ4v) is 5.89. The molecule has 0 amide bonds. The first-order valence-corrected chi connectivity index (χ1v) is 14.9. The molecule has 0 bridgehead atoms. The molecule has 4 heterocycles. The third-order valence-electron chi connectivity index (χ3n) is 8.59. The lowest BCUT2D eigenvalue weighted by Crippen LogP contribution is -2.31. The monoisotopic (exact) mass is 599 g/mol. The molecule has 2 N–H and O–H groups in total. The van der Waals surface area contributed by atoms with E-state index in [1.807, 2.05) is 11.6 Å². The number of rotatable bonds is 11. The summed E-state index contributed by atoms with van der Waals surface area (Å²) in [5.74, 6) is 1.14. The van der Waals surface area contributed by atoms with Gasteiger partial charge in [-0.2, -0.15) is 18.2 Å². The second kappa shape index (κ2) is 12.0. The molecule has 0 spiro atoms. The third-order valence-corrected chi connectivity index (χ3v) is 8.59. The van der Waals surface area contributed by atoms with Gasteiger partial charge < -0.3 is 19.7 Å². The number of alkyl halides is 3. The molecule has 1 aliphatic heterocycles. The lowest BCUT2D eigenvalue weighted by Gasteiger charge is -2.32. The maximum atomic E-state index is 13.3. The lowest BCUT2D eigenvalue weighted by atomic mass is 9.80. The fourth-order valence-electron chi connectivity index (χ4n) is 5.89. The first-order chi connectivity index (χ1) is 20.7. The average Bonchev–Trinajstić information content (AvgIpc) is 3.68. The van der Waals surface area contributed by atoms with Crippen LogP contribution >= 0.6 is 0 Å². The molecule has 2 fully saturated rings. The van der Waals surface area contributed by atoms with Gasteiger partial charge in [0.05, 0.1) is 12.1 Å². The molecule has 11 nitrogen and oxygen atoms in total. The van der Waals surface area contributed by atoms with E-state index >= 15 is 0 Å². The first kappa shape index (κ1) is 29.1. The smallest absolute Gasteiger partial charge is 0.365 e. The van der Waals surface area contributed by atoms with Gasteiger partial charge in [-0.05, 0) is 82.3 Å². The van der Waals surface area contributed by atoms with Crippen LogP contribution in [0.3, 0.4) is 0 Å². The molecule has 1 unspecified atom stereocenters. The third kappa shape index (κ3) is 6.38. The predicted octanol–water partition coefficient (Wildman–Crippen LogP) is 4.76. The zero-order valence-electron chi connectivity index (χ0n) is 24.3. The molecule has 2 aliphatic rings. The SMILES string of the molecule is CC(Nc1nc(-c2noc(=O)[nH]2)nc2nc(N(C)CCCN3CCCC3)n(Cc3ccc(C(F)(F)F)cc3)c12)C1CCC1. The zero-order valence-corrected chi connectivity index (χ0v) is 24.3. The molecular weight excluding hydrogens is 563 g/mol. The number of benzene rings is 1. The molecule has 1 atom stereocenters. The van der Waals surface area contributed by atoms with Crippen molar-refractivity contribution in [2.45, 2.75) is 64.2 Å². The molecule has 4 aromatic rings. The Morgan fingerprint density at radius 1 is 1.12 bits per heavy atom. The van der Waals surface area contributed by atoms with Crippen molar-refractivity contribution in [1.29, 1.82) is 0 Å². The van der Waals surface area contributed by atoms with Gasteiger partial charge in [0, 0.05) is 19.6 Å². The van der Waals surface area contributed by atoms with E-state index in [0.717, 1.165) is 57.6 Å². The van der Waals surface area contributed by atoms with E-state index < -0.39 is 17.5 Å². The Hall–Kier alpha value is -3.94. The molecular formula is C29H36F3N9O2. The molecule has 6 rings (SSSR count). The number of fused-ring (bicyclic) bond motifs is 1. The van der Waals surface area contributed by atoms with Gasteiger partial charge in [0.1, 0.15) is 5.52 Å². The topological polar surface area (TPSA) is 121 Å². The van der Waals surface area contributed by atoms with Gasteiger partial charge in [-0.25, -0.2) is 14.8 Å². The van der Waals surface area contributed by atoms with Crippen molar-refractivity contribution in [1.82, 2.24) is 34.6 Å². The van der Waals surface area contributed by atoms with Crippen LogP contribution in [0.15, 0.2) is 33.6 Å². The normalized spacial score (nSPS) is 17.0. The maximum absolute atomic E-state index is 13.3. The summed E-state index contributed by atoms with van der Waals surface area (Å²) in [6.07, 6.45) is 2.38. The number of anilines is 2. The molecule has 3 aromatic heterocycles. The number of hydrogen-bond acceptors (Lipinski definition) is 9. The molecule has 14 heteroatoms. The van der Waals surface area contributed by atoms with Gasteiger partial charge in [-0.15, -0.1) is 0 Å². The van der Waals surface area contributed by atoms with Gasteiger partial charge in [0.2, 0.25) is 17.6 Å². The molecule has 1 saturated heterocycles. The molecule has 230 valence electrons. The number of hydrogen-bond donors (Lipinski definition) is 2. The Morgan fingerprint density at radius 2 is 1.86 bits per heavy atom. The Kier molecular flexibility index (Phi) is 8.12.